The zero-order valence-electron chi connectivity index (χ0n) is 11.1. The molecule has 100 valence electrons. The summed E-state index contributed by atoms with van der Waals surface area (Å²) in [4.78, 5) is 22.9. The van der Waals surface area contributed by atoms with Gasteiger partial charge in [0.15, 0.2) is 5.76 Å². The topological polar surface area (TPSA) is 79.5 Å². The summed E-state index contributed by atoms with van der Waals surface area (Å²) in [5.41, 5.74) is 0.871. The van der Waals surface area contributed by atoms with Crippen LogP contribution in [0.3, 0.4) is 0 Å². The number of carbonyl (C=O) groups excluding carboxylic acids is 1. The maximum atomic E-state index is 11.8. The Morgan fingerprint density at radius 2 is 2.00 bits per heavy atom. The molecule has 0 saturated carbocycles. The Bertz CT molecular complexity index is 428. The number of hydrogen-bond donors (Lipinski definition) is 2. The van der Waals surface area contributed by atoms with Gasteiger partial charge in [-0.3, -0.25) is 4.79 Å². The molecule has 0 radical (unpaired) electrons. The van der Waals surface area contributed by atoms with Crippen molar-refractivity contribution in [2.45, 2.75) is 40.2 Å². The molecule has 0 saturated heterocycles. The molecular formula is C13H19NO4. The lowest BCUT2D eigenvalue weighted by Gasteiger charge is -2.15. The molecule has 1 amide bonds. The van der Waals surface area contributed by atoms with Crippen LogP contribution in [0.1, 0.15) is 42.1 Å². The van der Waals surface area contributed by atoms with Crippen LogP contribution in [0, 0.1) is 19.8 Å². The van der Waals surface area contributed by atoms with Crippen molar-refractivity contribution in [3.63, 3.8) is 0 Å². The number of carbonyl (C=O) groups is 2. The normalized spacial score (nSPS) is 12.5. The number of nitrogens with one attached hydrogen (secondary N) is 1. The van der Waals surface area contributed by atoms with Gasteiger partial charge in [0.1, 0.15) is 11.8 Å². The highest BCUT2D eigenvalue weighted by Gasteiger charge is 2.23. The first-order valence-corrected chi connectivity index (χ1v) is 5.92. The average Bonchev–Trinajstić information content (AvgIpc) is 2.57. The maximum Gasteiger partial charge on any atom is 0.326 e. The Balaban J connectivity index is 2.75. The number of amides is 1. The quantitative estimate of drug-likeness (QED) is 0.842. The predicted octanol–water partition coefficient (Wildman–Crippen LogP) is 2.13. The van der Waals surface area contributed by atoms with Gasteiger partial charge in [-0.15, -0.1) is 0 Å². The maximum absolute atomic E-state index is 11.8. The lowest BCUT2D eigenvalue weighted by Crippen LogP contribution is -2.41. The fraction of sp³-hybridized carbons (Fsp3) is 0.538. The van der Waals surface area contributed by atoms with Crippen molar-refractivity contribution in [1.29, 1.82) is 0 Å². The number of carboxylic acids is 1. The molecule has 18 heavy (non-hydrogen) atoms. The van der Waals surface area contributed by atoms with Crippen LogP contribution in [0.15, 0.2) is 10.5 Å². The van der Waals surface area contributed by atoms with Crippen LogP contribution in [0.25, 0.3) is 0 Å². The first-order chi connectivity index (χ1) is 8.31. The predicted molar refractivity (Wildman–Crippen MR) is 66.5 cm³/mol. The van der Waals surface area contributed by atoms with Gasteiger partial charge in [0.05, 0.1) is 0 Å². The molecule has 1 aromatic rings. The van der Waals surface area contributed by atoms with Crippen LogP contribution in [-0.2, 0) is 4.79 Å². The number of aryl methyl sites for hydroxylation is 2. The van der Waals surface area contributed by atoms with Gasteiger partial charge >= 0.3 is 5.97 Å². The zero-order valence-corrected chi connectivity index (χ0v) is 11.1. The molecule has 1 atom stereocenters. The van der Waals surface area contributed by atoms with Crippen molar-refractivity contribution in [2.24, 2.45) is 5.92 Å². The summed E-state index contributed by atoms with van der Waals surface area (Å²) >= 11 is 0. The molecule has 2 N–H and O–H groups in total. The Morgan fingerprint density at radius 1 is 1.39 bits per heavy atom. The van der Waals surface area contributed by atoms with Gasteiger partial charge in [0.25, 0.3) is 5.91 Å². The van der Waals surface area contributed by atoms with Gasteiger partial charge in [0, 0.05) is 0 Å². The smallest absolute Gasteiger partial charge is 0.326 e. The van der Waals surface area contributed by atoms with Crippen molar-refractivity contribution in [3.8, 4) is 0 Å². The van der Waals surface area contributed by atoms with E-state index in [2.05, 4.69) is 5.32 Å². The number of hydrogen-bond acceptors (Lipinski definition) is 3. The summed E-state index contributed by atoms with van der Waals surface area (Å²) in [6.45, 7) is 7.40. The Morgan fingerprint density at radius 3 is 2.39 bits per heavy atom. The SMILES string of the molecule is Cc1cc(C(=O)N[C@H](CC(C)C)C(=O)O)oc1C. The van der Waals surface area contributed by atoms with E-state index in [1.165, 1.54) is 0 Å². The lowest BCUT2D eigenvalue weighted by molar-refractivity contribution is -0.139. The molecule has 0 aliphatic heterocycles. The molecular weight excluding hydrogens is 234 g/mol. The van der Waals surface area contributed by atoms with E-state index in [1.54, 1.807) is 13.0 Å². The zero-order chi connectivity index (χ0) is 13.9. The molecule has 0 fully saturated rings. The fourth-order valence-electron chi connectivity index (χ4n) is 1.61. The third-order valence-electron chi connectivity index (χ3n) is 2.70. The van der Waals surface area contributed by atoms with Gasteiger partial charge in [-0.2, -0.15) is 0 Å². The van der Waals surface area contributed by atoms with Crippen LogP contribution in [0.4, 0.5) is 0 Å². The van der Waals surface area contributed by atoms with Crippen LogP contribution in [-0.4, -0.2) is 23.0 Å². The number of carboxylic acid groups (broad SMARTS) is 1. The number of furan rings is 1. The summed E-state index contributed by atoms with van der Waals surface area (Å²) in [6, 6.07) is 0.724. The highest BCUT2D eigenvalue weighted by molar-refractivity contribution is 5.94. The van der Waals surface area contributed by atoms with Crippen LogP contribution in [0.2, 0.25) is 0 Å². The molecule has 5 heteroatoms. The average molecular weight is 253 g/mol. The Kier molecular flexibility index (Phi) is 4.53. The van der Waals surface area contributed by atoms with E-state index in [1.807, 2.05) is 20.8 Å². The molecule has 0 spiro atoms. The highest BCUT2D eigenvalue weighted by atomic mass is 16.4. The van der Waals surface area contributed by atoms with Gasteiger partial charge in [0.2, 0.25) is 0 Å². The fourth-order valence-corrected chi connectivity index (χ4v) is 1.61. The van der Waals surface area contributed by atoms with Gasteiger partial charge in [-0.05, 0) is 37.8 Å². The van der Waals surface area contributed by atoms with E-state index in [0.717, 1.165) is 5.56 Å². The molecule has 0 aromatic carbocycles. The molecule has 0 unspecified atom stereocenters. The second-order valence-corrected chi connectivity index (χ2v) is 4.84. The van der Waals surface area contributed by atoms with Crippen molar-refractivity contribution in [1.82, 2.24) is 5.32 Å². The third-order valence-corrected chi connectivity index (χ3v) is 2.70. The number of rotatable bonds is 5. The second kappa shape index (κ2) is 5.71. The Labute approximate surface area is 106 Å². The molecule has 1 heterocycles. The molecule has 1 aromatic heterocycles. The Hall–Kier alpha value is -1.78. The van der Waals surface area contributed by atoms with Crippen LogP contribution in [0.5, 0.6) is 0 Å². The molecule has 1 rings (SSSR count). The molecule has 5 nitrogen and oxygen atoms in total. The van der Waals surface area contributed by atoms with Gasteiger partial charge in [-0.1, -0.05) is 13.8 Å². The van der Waals surface area contributed by atoms with E-state index >= 15 is 0 Å². The first-order valence-electron chi connectivity index (χ1n) is 5.92. The molecule has 0 bridgehead atoms. The minimum atomic E-state index is -1.03. The van der Waals surface area contributed by atoms with E-state index in [0.29, 0.717) is 12.2 Å². The van der Waals surface area contributed by atoms with Crippen LogP contribution >= 0.6 is 0 Å². The van der Waals surface area contributed by atoms with Crippen LogP contribution < -0.4 is 5.32 Å². The molecule has 0 aliphatic rings. The largest absolute Gasteiger partial charge is 0.480 e. The summed E-state index contributed by atoms with van der Waals surface area (Å²) in [5, 5.41) is 11.5. The van der Waals surface area contributed by atoms with Crippen molar-refractivity contribution < 1.29 is 19.1 Å². The summed E-state index contributed by atoms with van der Waals surface area (Å²) in [7, 11) is 0. The first kappa shape index (κ1) is 14.3. The highest BCUT2D eigenvalue weighted by Crippen LogP contribution is 2.14. The third kappa shape index (κ3) is 3.61. The van der Waals surface area contributed by atoms with Crippen molar-refractivity contribution >= 4 is 11.9 Å². The lowest BCUT2D eigenvalue weighted by atomic mass is 10.0. The molecule has 0 aliphatic carbocycles. The van der Waals surface area contributed by atoms with Gasteiger partial charge in [-0.25, -0.2) is 4.79 Å². The summed E-state index contributed by atoms with van der Waals surface area (Å²) in [5.74, 6) is -0.515. The van der Waals surface area contributed by atoms with Crippen molar-refractivity contribution in [2.75, 3.05) is 0 Å². The van der Waals surface area contributed by atoms with E-state index in [-0.39, 0.29) is 11.7 Å². The van der Waals surface area contributed by atoms with E-state index in [4.69, 9.17) is 9.52 Å². The standard InChI is InChI=1S/C13H19NO4/c1-7(2)5-10(13(16)17)14-12(15)11-6-8(3)9(4)18-11/h6-7,10H,5H2,1-4H3,(H,14,15)(H,16,17)/t10-/m1/s1. The summed E-state index contributed by atoms with van der Waals surface area (Å²) < 4.78 is 5.26. The second-order valence-electron chi connectivity index (χ2n) is 4.84. The van der Waals surface area contributed by atoms with Gasteiger partial charge < -0.3 is 14.8 Å². The van der Waals surface area contributed by atoms with E-state index in [9.17, 15) is 9.59 Å². The summed E-state index contributed by atoms with van der Waals surface area (Å²) in [6.07, 6.45) is 0.389. The van der Waals surface area contributed by atoms with Crippen molar-refractivity contribution in [3.05, 3.63) is 23.2 Å². The minimum Gasteiger partial charge on any atom is -0.480 e. The monoisotopic (exact) mass is 253 g/mol. The minimum absolute atomic E-state index is 0.153. The van der Waals surface area contributed by atoms with E-state index < -0.39 is 17.9 Å². The number of aliphatic carboxylic acids is 1.